The van der Waals surface area contributed by atoms with Crippen LogP contribution in [0.3, 0.4) is 0 Å². The van der Waals surface area contributed by atoms with Crippen molar-refractivity contribution in [2.45, 2.75) is 13.1 Å². The monoisotopic (exact) mass is 622 g/mol. The van der Waals surface area contributed by atoms with Crippen LogP contribution in [0.25, 0.3) is 22.4 Å². The van der Waals surface area contributed by atoms with Crippen molar-refractivity contribution in [3.63, 3.8) is 0 Å². The van der Waals surface area contributed by atoms with E-state index < -0.39 is 0 Å². The van der Waals surface area contributed by atoms with Gasteiger partial charge in [-0.05, 0) is 83.4 Å². The van der Waals surface area contributed by atoms with Crippen LogP contribution in [0.2, 0.25) is 0 Å². The number of benzene rings is 4. The van der Waals surface area contributed by atoms with Gasteiger partial charge < -0.3 is 19.3 Å². The Morgan fingerprint density at radius 2 is 1.68 bits per heavy atom. The summed E-state index contributed by atoms with van der Waals surface area (Å²) in [6, 6.07) is 25.2. The van der Waals surface area contributed by atoms with Gasteiger partial charge in [-0.2, -0.15) is 0 Å². The van der Waals surface area contributed by atoms with E-state index >= 15 is 0 Å². The summed E-state index contributed by atoms with van der Waals surface area (Å²) in [6.07, 6.45) is 5.97. The molecule has 1 aromatic heterocycles. The third-order valence-electron chi connectivity index (χ3n) is 7.48. The van der Waals surface area contributed by atoms with Gasteiger partial charge in [0.25, 0.3) is 0 Å². The average Bonchev–Trinajstić information content (AvgIpc) is 3.40. The largest absolute Gasteiger partial charge is 0.493 e. The Bertz CT molecular complexity index is 1850. The lowest BCUT2D eigenvalue weighted by Crippen LogP contribution is -2.46. The molecule has 0 saturated carbocycles. The molecule has 3 heterocycles. The first-order valence-electron chi connectivity index (χ1n) is 13.3. The molecule has 0 saturated heterocycles. The van der Waals surface area contributed by atoms with Crippen LogP contribution in [0.15, 0.2) is 82.3 Å². The van der Waals surface area contributed by atoms with Crippen LogP contribution in [0.4, 0.5) is 17.1 Å². The topological polar surface area (TPSA) is 50.2 Å². The smallest absolute Gasteiger partial charge is 0.167 e. The van der Waals surface area contributed by atoms with E-state index in [-0.39, 0.29) is 0 Å². The molecule has 0 aliphatic carbocycles. The standard InChI is InChI=1S/C33H27BrN4O2S/c1-39-30-5-3-4-22(33(30)40-2)7-13-32-36-27-10-9-26(16-31(27)41-32)35-17-21-6-11-28-23(14-21)18-37-20-38(28)19-24-15-25(34)8-12-29(24)37/h3-17H,18-20H2,1-2H3/b13-7+,35-17+. The van der Waals surface area contributed by atoms with Crippen LogP contribution in [0.5, 0.6) is 11.5 Å². The zero-order valence-electron chi connectivity index (χ0n) is 22.7. The Hall–Kier alpha value is -4.14. The van der Waals surface area contributed by atoms with Gasteiger partial charge in [-0.25, -0.2) is 4.98 Å². The number of thiazole rings is 1. The number of anilines is 2. The minimum atomic E-state index is 0.706. The number of methoxy groups -OCH3 is 2. The van der Waals surface area contributed by atoms with Gasteiger partial charge in [0.1, 0.15) is 5.01 Å². The number of aromatic nitrogens is 1. The first kappa shape index (κ1) is 25.8. The number of rotatable bonds is 6. The summed E-state index contributed by atoms with van der Waals surface area (Å²) < 4.78 is 13.2. The molecule has 7 rings (SSSR count). The second-order valence-corrected chi connectivity index (χ2v) is 12.1. The normalized spacial score (nSPS) is 14.1. The molecule has 5 aromatic rings. The molecule has 2 aliphatic heterocycles. The van der Waals surface area contributed by atoms with Crippen molar-refractivity contribution in [2.75, 3.05) is 30.7 Å². The summed E-state index contributed by atoms with van der Waals surface area (Å²) in [7, 11) is 3.29. The van der Waals surface area contributed by atoms with E-state index in [1.165, 1.54) is 22.5 Å². The molecule has 41 heavy (non-hydrogen) atoms. The fraction of sp³-hybridized carbons (Fsp3) is 0.152. The predicted molar refractivity (Wildman–Crippen MR) is 173 cm³/mol. The summed E-state index contributed by atoms with van der Waals surface area (Å²) in [5.74, 6) is 1.42. The fourth-order valence-electron chi connectivity index (χ4n) is 5.59. The second kappa shape index (κ2) is 10.7. The molecule has 0 atom stereocenters. The maximum atomic E-state index is 5.55. The van der Waals surface area contributed by atoms with Crippen LogP contribution in [-0.4, -0.2) is 32.1 Å². The van der Waals surface area contributed by atoms with Gasteiger partial charge in [-0.15, -0.1) is 11.3 Å². The van der Waals surface area contributed by atoms with Crippen molar-refractivity contribution in [3.8, 4) is 11.5 Å². The van der Waals surface area contributed by atoms with Crippen molar-refractivity contribution in [3.05, 3.63) is 105 Å². The summed E-state index contributed by atoms with van der Waals surface area (Å²) in [5, 5.41) is 0.921. The van der Waals surface area contributed by atoms with Gasteiger partial charge in [0.2, 0.25) is 0 Å². The van der Waals surface area contributed by atoms with E-state index in [1.807, 2.05) is 48.7 Å². The molecule has 2 aliphatic rings. The maximum Gasteiger partial charge on any atom is 0.167 e. The predicted octanol–water partition coefficient (Wildman–Crippen LogP) is 8.29. The summed E-state index contributed by atoms with van der Waals surface area (Å²) in [4.78, 5) is 14.5. The Kier molecular flexibility index (Phi) is 6.73. The van der Waals surface area contributed by atoms with Crippen molar-refractivity contribution in [1.82, 2.24) is 4.98 Å². The van der Waals surface area contributed by atoms with Crippen LogP contribution in [0, 0.1) is 0 Å². The van der Waals surface area contributed by atoms with Crippen LogP contribution >= 0.6 is 27.3 Å². The van der Waals surface area contributed by atoms with E-state index in [1.54, 1.807) is 25.6 Å². The highest BCUT2D eigenvalue weighted by Crippen LogP contribution is 2.39. The highest BCUT2D eigenvalue weighted by Gasteiger charge is 2.29. The number of hydrogen-bond donors (Lipinski definition) is 0. The van der Waals surface area contributed by atoms with E-state index in [2.05, 4.69) is 68.2 Å². The van der Waals surface area contributed by atoms with E-state index in [0.717, 1.165) is 56.3 Å². The summed E-state index contributed by atoms with van der Waals surface area (Å²) in [6.45, 7) is 2.74. The molecular weight excluding hydrogens is 596 g/mol. The van der Waals surface area contributed by atoms with Crippen molar-refractivity contribution >= 4 is 72.9 Å². The lowest BCUT2D eigenvalue weighted by molar-refractivity contribution is 0.354. The van der Waals surface area contributed by atoms with Crippen molar-refractivity contribution in [1.29, 1.82) is 0 Å². The molecule has 0 N–H and O–H groups in total. The molecule has 0 unspecified atom stereocenters. The average molecular weight is 624 g/mol. The Morgan fingerprint density at radius 1 is 0.878 bits per heavy atom. The molecular formula is C33H27BrN4O2S. The van der Waals surface area contributed by atoms with E-state index in [4.69, 9.17) is 19.5 Å². The second-order valence-electron chi connectivity index (χ2n) is 10.1. The molecule has 204 valence electrons. The zero-order chi connectivity index (χ0) is 27.9. The first-order chi connectivity index (χ1) is 20.1. The molecule has 6 nitrogen and oxygen atoms in total. The molecule has 0 spiro atoms. The lowest BCUT2D eigenvalue weighted by atomic mass is 10.0. The van der Waals surface area contributed by atoms with Crippen molar-refractivity contribution < 1.29 is 9.47 Å². The molecule has 8 heteroatoms. The van der Waals surface area contributed by atoms with Gasteiger partial charge >= 0.3 is 0 Å². The summed E-state index contributed by atoms with van der Waals surface area (Å²) in [5.41, 5.74) is 9.23. The van der Waals surface area contributed by atoms with Gasteiger partial charge in [0, 0.05) is 40.7 Å². The number of para-hydroxylation sites is 1. The number of ether oxygens (including phenoxy) is 2. The SMILES string of the molecule is COc1cccc(/C=C/c2nc3ccc(/N=C/c4ccc5c(c4)CN4CN5Cc5cc(Br)ccc54)cc3s2)c1OC. The molecule has 2 bridgehead atoms. The Balaban J connectivity index is 1.10. The number of aliphatic imine (C=N–C) groups is 1. The molecule has 0 radical (unpaired) electrons. The Labute approximate surface area is 251 Å². The van der Waals surface area contributed by atoms with Crippen LogP contribution in [0.1, 0.15) is 27.3 Å². The van der Waals surface area contributed by atoms with Gasteiger partial charge in [0.05, 0.1) is 36.8 Å². The highest BCUT2D eigenvalue weighted by molar-refractivity contribution is 9.10. The molecule has 0 amide bonds. The summed E-state index contributed by atoms with van der Waals surface area (Å²) >= 11 is 5.26. The van der Waals surface area contributed by atoms with Crippen molar-refractivity contribution in [2.24, 2.45) is 4.99 Å². The maximum absolute atomic E-state index is 5.55. The third-order valence-corrected chi connectivity index (χ3v) is 8.96. The first-order valence-corrected chi connectivity index (χ1v) is 14.9. The van der Waals surface area contributed by atoms with E-state index in [9.17, 15) is 0 Å². The zero-order valence-corrected chi connectivity index (χ0v) is 25.1. The lowest BCUT2D eigenvalue weighted by Gasteiger charge is -2.44. The quantitative estimate of drug-likeness (QED) is 0.178. The third kappa shape index (κ3) is 4.98. The minimum absolute atomic E-state index is 0.706. The van der Waals surface area contributed by atoms with Gasteiger partial charge in [0.15, 0.2) is 11.5 Å². The number of fused-ring (bicyclic) bond motifs is 7. The van der Waals surface area contributed by atoms with Gasteiger partial charge in [-0.1, -0.05) is 34.1 Å². The van der Waals surface area contributed by atoms with Crippen LogP contribution in [-0.2, 0) is 13.1 Å². The number of halogens is 1. The van der Waals surface area contributed by atoms with Gasteiger partial charge in [-0.3, -0.25) is 4.99 Å². The molecule has 0 fully saturated rings. The Morgan fingerprint density at radius 3 is 2.49 bits per heavy atom. The number of hydrogen-bond acceptors (Lipinski definition) is 7. The highest BCUT2D eigenvalue weighted by atomic mass is 79.9. The molecule has 4 aromatic carbocycles. The number of nitrogens with zero attached hydrogens (tertiary/aromatic N) is 4. The van der Waals surface area contributed by atoms with E-state index in [0.29, 0.717) is 11.5 Å². The van der Waals surface area contributed by atoms with Crippen LogP contribution < -0.4 is 19.3 Å². The minimum Gasteiger partial charge on any atom is -0.493 e. The fourth-order valence-corrected chi connectivity index (χ4v) is 6.90.